The summed E-state index contributed by atoms with van der Waals surface area (Å²) in [4.78, 5) is 4.75. The number of para-hydroxylation sites is 3. The Morgan fingerprint density at radius 3 is 2.18 bits per heavy atom. The van der Waals surface area contributed by atoms with E-state index in [1.807, 2.05) is 6.20 Å². The lowest BCUT2D eigenvalue weighted by Gasteiger charge is -2.20. The zero-order valence-corrected chi connectivity index (χ0v) is 23.7. The minimum absolute atomic E-state index is 0.395. The van der Waals surface area contributed by atoms with Crippen molar-refractivity contribution in [2.45, 2.75) is 52.9 Å². The number of benzene rings is 4. The number of nitrogens with zero attached hydrogens (tertiary/aromatic N) is 4. The number of hydrogen-bond donors (Lipinski definition) is 0. The van der Waals surface area contributed by atoms with E-state index in [1.54, 1.807) is 0 Å². The van der Waals surface area contributed by atoms with Gasteiger partial charge in [0.1, 0.15) is 11.5 Å². The van der Waals surface area contributed by atoms with Gasteiger partial charge in [0.25, 0.3) is 5.82 Å². The third-order valence-corrected chi connectivity index (χ3v) is 8.65. The fourth-order valence-corrected chi connectivity index (χ4v) is 6.83. The summed E-state index contributed by atoms with van der Waals surface area (Å²) in [5.74, 6) is 3.13. The number of rotatable bonds is 4. The maximum absolute atomic E-state index is 4.75. The van der Waals surface area contributed by atoms with Crippen LogP contribution in [-0.2, 0) is 13.5 Å². The Labute approximate surface area is 230 Å². The van der Waals surface area contributed by atoms with Crippen LogP contribution >= 0.6 is 0 Å². The van der Waals surface area contributed by atoms with Gasteiger partial charge in [-0.05, 0) is 41.8 Å². The van der Waals surface area contributed by atoms with Crippen LogP contribution in [0, 0.1) is 6.92 Å². The third kappa shape index (κ3) is 3.30. The lowest BCUT2D eigenvalue weighted by Crippen LogP contribution is -2.31. The van der Waals surface area contributed by atoms with Gasteiger partial charge in [0.2, 0.25) is 0 Å². The van der Waals surface area contributed by atoms with Crippen molar-refractivity contribution in [3.8, 4) is 22.8 Å². The molecule has 0 bridgehead atoms. The van der Waals surface area contributed by atoms with Crippen molar-refractivity contribution in [3.63, 3.8) is 0 Å². The first-order chi connectivity index (χ1) is 18.9. The zero-order chi connectivity index (χ0) is 27.0. The van der Waals surface area contributed by atoms with E-state index in [2.05, 4.69) is 128 Å². The molecule has 0 aliphatic carbocycles. The highest BCUT2D eigenvalue weighted by Crippen LogP contribution is 2.45. The highest BCUT2D eigenvalue weighted by Gasteiger charge is 2.36. The van der Waals surface area contributed by atoms with Crippen LogP contribution < -0.4 is 4.57 Å². The molecule has 4 heteroatoms. The van der Waals surface area contributed by atoms with E-state index in [0.717, 1.165) is 12.2 Å². The Morgan fingerprint density at radius 2 is 1.46 bits per heavy atom. The third-order valence-electron chi connectivity index (χ3n) is 8.65. The molecule has 39 heavy (non-hydrogen) atoms. The highest BCUT2D eigenvalue weighted by molar-refractivity contribution is 6.01. The SMILES string of the molecule is Cc1c(-c2n(-c3c(C(C)C)cccc3C(C)C)c3ccccc3[n+]2C)c2c(c3ccccc13)-n1ccnc1C2. The molecule has 1 aliphatic heterocycles. The van der Waals surface area contributed by atoms with Crippen LogP contribution in [-0.4, -0.2) is 14.1 Å². The maximum Gasteiger partial charge on any atom is 0.295 e. The Morgan fingerprint density at radius 1 is 0.795 bits per heavy atom. The van der Waals surface area contributed by atoms with Crippen molar-refractivity contribution in [1.82, 2.24) is 14.1 Å². The molecule has 0 N–H and O–H groups in total. The Balaban J connectivity index is 1.70. The van der Waals surface area contributed by atoms with Gasteiger partial charge in [-0.2, -0.15) is 4.57 Å². The second kappa shape index (κ2) is 8.67. The molecule has 6 aromatic rings. The van der Waals surface area contributed by atoms with Gasteiger partial charge < -0.3 is 4.57 Å². The topological polar surface area (TPSA) is 26.6 Å². The monoisotopic (exact) mass is 511 g/mol. The van der Waals surface area contributed by atoms with Crippen LogP contribution in [0.5, 0.6) is 0 Å². The van der Waals surface area contributed by atoms with Gasteiger partial charge >= 0.3 is 0 Å². The van der Waals surface area contributed by atoms with Crippen LogP contribution in [0.15, 0.2) is 79.1 Å². The normalized spacial score (nSPS) is 12.7. The van der Waals surface area contributed by atoms with Gasteiger partial charge in [0.05, 0.1) is 18.3 Å². The molecular formula is C35H35N4+. The summed E-state index contributed by atoms with van der Waals surface area (Å²) < 4.78 is 7.28. The van der Waals surface area contributed by atoms with Crippen molar-refractivity contribution in [1.29, 1.82) is 0 Å². The summed E-state index contributed by atoms with van der Waals surface area (Å²) in [5.41, 5.74) is 11.8. The minimum Gasteiger partial charge on any atom is -0.303 e. The molecular weight excluding hydrogens is 476 g/mol. The molecule has 0 amide bonds. The minimum atomic E-state index is 0.395. The van der Waals surface area contributed by atoms with Crippen LogP contribution in [0.1, 0.15) is 67.6 Å². The molecule has 4 nitrogen and oxygen atoms in total. The average molecular weight is 512 g/mol. The highest BCUT2D eigenvalue weighted by atomic mass is 15.2. The Hall–Kier alpha value is -4.18. The Kier molecular flexibility index (Phi) is 5.31. The maximum atomic E-state index is 4.75. The van der Waals surface area contributed by atoms with E-state index in [0.29, 0.717) is 11.8 Å². The van der Waals surface area contributed by atoms with E-state index in [4.69, 9.17) is 4.98 Å². The zero-order valence-electron chi connectivity index (χ0n) is 23.7. The van der Waals surface area contributed by atoms with Gasteiger partial charge in [0, 0.05) is 40.9 Å². The summed E-state index contributed by atoms with van der Waals surface area (Å²) in [5, 5.41) is 2.59. The Bertz CT molecular complexity index is 1890. The van der Waals surface area contributed by atoms with E-state index >= 15 is 0 Å². The number of hydrogen-bond acceptors (Lipinski definition) is 1. The van der Waals surface area contributed by atoms with E-state index in [-0.39, 0.29) is 0 Å². The van der Waals surface area contributed by atoms with E-state index in [9.17, 15) is 0 Å². The van der Waals surface area contributed by atoms with Crippen molar-refractivity contribution in [3.05, 3.63) is 107 Å². The number of imidazole rings is 2. The molecule has 0 fully saturated rings. The van der Waals surface area contributed by atoms with Gasteiger partial charge in [-0.1, -0.05) is 82.3 Å². The first-order valence-electron chi connectivity index (χ1n) is 14.1. The molecule has 0 unspecified atom stereocenters. The summed E-state index contributed by atoms with van der Waals surface area (Å²) in [6.45, 7) is 11.6. The molecule has 194 valence electrons. The van der Waals surface area contributed by atoms with Crippen LogP contribution in [0.2, 0.25) is 0 Å². The smallest absolute Gasteiger partial charge is 0.295 e. The van der Waals surface area contributed by atoms with Crippen molar-refractivity contribution < 1.29 is 4.57 Å². The van der Waals surface area contributed by atoms with Crippen LogP contribution in [0.3, 0.4) is 0 Å². The molecule has 1 aliphatic rings. The van der Waals surface area contributed by atoms with Crippen molar-refractivity contribution in [2.24, 2.45) is 7.05 Å². The molecule has 3 heterocycles. The fourth-order valence-electron chi connectivity index (χ4n) is 6.83. The molecule has 0 saturated heterocycles. The summed E-state index contributed by atoms with van der Waals surface area (Å²) >= 11 is 0. The predicted molar refractivity (Wildman–Crippen MR) is 160 cm³/mol. The van der Waals surface area contributed by atoms with Crippen LogP contribution in [0.4, 0.5) is 0 Å². The molecule has 0 atom stereocenters. The summed E-state index contributed by atoms with van der Waals surface area (Å²) in [6, 6.07) is 24.6. The largest absolute Gasteiger partial charge is 0.303 e. The lowest BCUT2D eigenvalue weighted by molar-refractivity contribution is -0.633. The van der Waals surface area contributed by atoms with Gasteiger partial charge in [-0.15, -0.1) is 0 Å². The first kappa shape index (κ1) is 23.9. The second-order valence-corrected chi connectivity index (χ2v) is 11.6. The lowest BCUT2D eigenvalue weighted by atomic mass is 9.90. The molecule has 0 radical (unpaired) electrons. The quantitative estimate of drug-likeness (QED) is 0.221. The van der Waals surface area contributed by atoms with E-state index in [1.165, 1.54) is 66.8 Å². The molecule has 0 spiro atoms. The molecule has 0 saturated carbocycles. The van der Waals surface area contributed by atoms with Gasteiger partial charge in [-0.3, -0.25) is 0 Å². The number of aryl methyl sites for hydroxylation is 2. The number of aromatic nitrogens is 4. The van der Waals surface area contributed by atoms with Crippen molar-refractivity contribution in [2.75, 3.05) is 0 Å². The molecule has 7 rings (SSSR count). The van der Waals surface area contributed by atoms with Crippen LogP contribution in [0.25, 0.3) is 44.6 Å². The number of fused-ring (bicyclic) bond motifs is 6. The van der Waals surface area contributed by atoms with E-state index < -0.39 is 0 Å². The fraction of sp³-hybridized carbons (Fsp3) is 0.257. The molecule has 2 aromatic heterocycles. The predicted octanol–water partition coefficient (Wildman–Crippen LogP) is 7.92. The average Bonchev–Trinajstić information content (AvgIpc) is 3.61. The summed E-state index contributed by atoms with van der Waals surface area (Å²) in [6.07, 6.45) is 4.87. The molecule has 4 aromatic carbocycles. The van der Waals surface area contributed by atoms with Gasteiger partial charge in [0.15, 0.2) is 11.0 Å². The standard InChI is InChI=1S/C35H35N4/c1-21(2)24-14-11-15-25(22(3)4)34(24)39-30-17-10-9-16-29(30)37(6)35(39)32-23(5)26-12-7-8-13-27(26)33-28(32)20-31-36-18-19-38(31)33/h7-19,21-22H,20H2,1-6H3/q+1. The van der Waals surface area contributed by atoms with Gasteiger partial charge in [-0.25, -0.2) is 9.55 Å². The summed E-state index contributed by atoms with van der Waals surface area (Å²) in [7, 11) is 2.23. The first-order valence-corrected chi connectivity index (χ1v) is 14.1. The van der Waals surface area contributed by atoms with Crippen molar-refractivity contribution >= 4 is 21.8 Å². The second-order valence-electron chi connectivity index (χ2n) is 11.6.